The number of nitrogens with one attached hydrogen (secondary N) is 1. The molecule has 1 amide bonds. The molecule has 0 radical (unpaired) electrons. The molecule has 150 valence electrons. The van der Waals surface area contributed by atoms with Gasteiger partial charge < -0.3 is 15.0 Å². The standard InChI is InChI=1S/C21H30Cl2N2O2/c1-16(15-25-9-3-2-4-10-25)14-24-20(26)21(7-11-27-12-8-21)18-6-5-17(22)13-19(18)23/h5-6,13,16H,2-4,7-12,14-15H2,1H3,(H,24,26). The molecular formula is C21H30Cl2N2O2. The fourth-order valence-electron chi connectivity index (χ4n) is 4.30. The van der Waals surface area contributed by atoms with Gasteiger partial charge in [0.2, 0.25) is 5.91 Å². The van der Waals surface area contributed by atoms with Crippen molar-refractivity contribution < 1.29 is 9.53 Å². The summed E-state index contributed by atoms with van der Waals surface area (Å²) in [6.45, 7) is 7.42. The zero-order valence-electron chi connectivity index (χ0n) is 16.1. The molecule has 3 rings (SSSR count). The first-order chi connectivity index (χ1) is 13.0. The first kappa shape index (κ1) is 20.9. The third-order valence-electron chi connectivity index (χ3n) is 5.86. The lowest BCUT2D eigenvalue weighted by atomic mass is 9.73. The number of piperidine rings is 1. The first-order valence-electron chi connectivity index (χ1n) is 10.1. The molecule has 6 heteroatoms. The number of benzene rings is 1. The average Bonchev–Trinajstić information content (AvgIpc) is 2.67. The lowest BCUT2D eigenvalue weighted by molar-refractivity contribution is -0.130. The number of likely N-dealkylation sites (tertiary alicyclic amines) is 1. The number of hydrogen-bond donors (Lipinski definition) is 1. The second-order valence-corrected chi connectivity index (χ2v) is 8.84. The molecule has 1 aromatic rings. The summed E-state index contributed by atoms with van der Waals surface area (Å²) in [4.78, 5) is 15.8. The van der Waals surface area contributed by atoms with E-state index in [-0.39, 0.29) is 5.91 Å². The maximum atomic E-state index is 13.3. The van der Waals surface area contributed by atoms with Gasteiger partial charge in [-0.3, -0.25) is 4.79 Å². The highest BCUT2D eigenvalue weighted by Crippen LogP contribution is 2.40. The van der Waals surface area contributed by atoms with Crippen LogP contribution in [0.25, 0.3) is 0 Å². The molecular weight excluding hydrogens is 383 g/mol. The van der Waals surface area contributed by atoms with E-state index in [0.29, 0.717) is 48.6 Å². The van der Waals surface area contributed by atoms with Crippen LogP contribution < -0.4 is 5.32 Å². The Balaban J connectivity index is 1.66. The van der Waals surface area contributed by atoms with Crippen molar-refractivity contribution in [1.29, 1.82) is 0 Å². The maximum Gasteiger partial charge on any atom is 0.230 e. The van der Waals surface area contributed by atoms with Crippen LogP contribution in [0.4, 0.5) is 0 Å². The van der Waals surface area contributed by atoms with Crippen LogP contribution in [0.15, 0.2) is 18.2 Å². The molecule has 2 saturated heterocycles. The fourth-order valence-corrected chi connectivity index (χ4v) is 4.89. The molecule has 0 spiro atoms. The summed E-state index contributed by atoms with van der Waals surface area (Å²) in [5, 5.41) is 4.35. The van der Waals surface area contributed by atoms with E-state index in [1.54, 1.807) is 6.07 Å². The Morgan fingerprint density at radius 1 is 1.22 bits per heavy atom. The van der Waals surface area contributed by atoms with Crippen LogP contribution in [0, 0.1) is 5.92 Å². The number of rotatable bonds is 6. The minimum atomic E-state index is -0.634. The van der Waals surface area contributed by atoms with Gasteiger partial charge in [0.15, 0.2) is 0 Å². The summed E-state index contributed by atoms with van der Waals surface area (Å²) in [5.74, 6) is 0.477. The molecule has 2 fully saturated rings. The molecule has 1 atom stereocenters. The summed E-state index contributed by atoms with van der Waals surface area (Å²) < 4.78 is 5.53. The molecule has 2 aliphatic rings. The summed E-state index contributed by atoms with van der Waals surface area (Å²) in [5.41, 5.74) is 0.225. The van der Waals surface area contributed by atoms with Gasteiger partial charge in [0.1, 0.15) is 0 Å². The van der Waals surface area contributed by atoms with E-state index in [4.69, 9.17) is 27.9 Å². The third kappa shape index (κ3) is 5.17. The van der Waals surface area contributed by atoms with Crippen LogP contribution in [0.3, 0.4) is 0 Å². The van der Waals surface area contributed by atoms with Crippen molar-refractivity contribution in [3.05, 3.63) is 33.8 Å². The molecule has 1 N–H and O–H groups in total. The fraction of sp³-hybridized carbons (Fsp3) is 0.667. The maximum absolute atomic E-state index is 13.3. The quantitative estimate of drug-likeness (QED) is 0.757. The van der Waals surface area contributed by atoms with Gasteiger partial charge in [-0.2, -0.15) is 0 Å². The van der Waals surface area contributed by atoms with Gasteiger partial charge in [-0.25, -0.2) is 0 Å². The average molecular weight is 413 g/mol. The van der Waals surface area contributed by atoms with Crippen molar-refractivity contribution in [3.63, 3.8) is 0 Å². The summed E-state index contributed by atoms with van der Waals surface area (Å²) in [6, 6.07) is 5.43. The molecule has 0 aromatic heterocycles. The van der Waals surface area contributed by atoms with E-state index in [2.05, 4.69) is 17.1 Å². The smallest absolute Gasteiger partial charge is 0.230 e. The van der Waals surface area contributed by atoms with Crippen molar-refractivity contribution >= 4 is 29.1 Å². The predicted octanol–water partition coefficient (Wildman–Crippen LogP) is 4.28. The SMILES string of the molecule is CC(CNC(=O)C1(c2ccc(Cl)cc2Cl)CCOCC1)CN1CCCCC1. The molecule has 4 nitrogen and oxygen atoms in total. The van der Waals surface area contributed by atoms with Gasteiger partial charge in [-0.1, -0.05) is 42.6 Å². The normalized spacial score (nSPS) is 21.6. The number of amides is 1. The van der Waals surface area contributed by atoms with Crippen LogP contribution in [0.2, 0.25) is 10.0 Å². The van der Waals surface area contributed by atoms with Crippen molar-refractivity contribution in [2.45, 2.75) is 44.4 Å². The van der Waals surface area contributed by atoms with Crippen molar-refractivity contribution in [3.8, 4) is 0 Å². The first-order valence-corrected chi connectivity index (χ1v) is 10.8. The van der Waals surface area contributed by atoms with Gasteiger partial charge >= 0.3 is 0 Å². The highest BCUT2D eigenvalue weighted by Gasteiger charge is 2.43. The van der Waals surface area contributed by atoms with Gasteiger partial charge in [0.05, 0.1) is 5.41 Å². The van der Waals surface area contributed by atoms with Gasteiger partial charge in [-0.05, 0) is 62.4 Å². The number of carbonyl (C=O) groups is 1. The highest BCUT2D eigenvalue weighted by atomic mass is 35.5. The number of nitrogens with zero attached hydrogens (tertiary/aromatic N) is 1. The van der Waals surface area contributed by atoms with E-state index in [9.17, 15) is 4.79 Å². The van der Waals surface area contributed by atoms with Gasteiger partial charge in [0.25, 0.3) is 0 Å². The Morgan fingerprint density at radius 3 is 2.59 bits per heavy atom. The van der Waals surface area contributed by atoms with Gasteiger partial charge in [-0.15, -0.1) is 0 Å². The van der Waals surface area contributed by atoms with Crippen LogP contribution in [0.1, 0.15) is 44.6 Å². The molecule has 1 unspecified atom stereocenters. The van der Waals surface area contributed by atoms with Crippen LogP contribution in [-0.2, 0) is 14.9 Å². The Labute approximate surface area is 172 Å². The summed E-state index contributed by atoms with van der Waals surface area (Å²) in [7, 11) is 0. The molecule has 1 aromatic carbocycles. The number of halogens is 2. The second kappa shape index (κ2) is 9.60. The van der Waals surface area contributed by atoms with E-state index < -0.39 is 5.41 Å². The van der Waals surface area contributed by atoms with Crippen molar-refractivity contribution in [2.24, 2.45) is 5.92 Å². The third-order valence-corrected chi connectivity index (χ3v) is 6.41. The van der Waals surface area contributed by atoms with Gasteiger partial charge in [0, 0.05) is 36.3 Å². The van der Waals surface area contributed by atoms with Crippen LogP contribution in [0.5, 0.6) is 0 Å². The lowest BCUT2D eigenvalue weighted by Crippen LogP contribution is -2.49. The van der Waals surface area contributed by atoms with E-state index in [1.165, 1.54) is 32.4 Å². The number of carbonyl (C=O) groups excluding carboxylic acids is 1. The predicted molar refractivity (Wildman–Crippen MR) is 111 cm³/mol. The van der Waals surface area contributed by atoms with Crippen LogP contribution in [-0.4, -0.2) is 50.2 Å². The highest BCUT2D eigenvalue weighted by molar-refractivity contribution is 6.35. The van der Waals surface area contributed by atoms with E-state index in [0.717, 1.165) is 12.1 Å². The Kier molecular flexibility index (Phi) is 7.43. The Morgan fingerprint density at radius 2 is 1.93 bits per heavy atom. The monoisotopic (exact) mass is 412 g/mol. The molecule has 2 heterocycles. The summed E-state index contributed by atoms with van der Waals surface area (Å²) in [6.07, 6.45) is 5.20. The van der Waals surface area contributed by atoms with E-state index in [1.807, 2.05) is 12.1 Å². The number of hydrogen-bond acceptors (Lipinski definition) is 3. The zero-order chi connectivity index (χ0) is 19.3. The molecule has 0 aliphatic carbocycles. The topological polar surface area (TPSA) is 41.6 Å². The molecule has 27 heavy (non-hydrogen) atoms. The van der Waals surface area contributed by atoms with Crippen molar-refractivity contribution in [1.82, 2.24) is 10.2 Å². The molecule has 0 saturated carbocycles. The summed E-state index contributed by atoms with van der Waals surface area (Å²) >= 11 is 12.5. The second-order valence-electron chi connectivity index (χ2n) is 8.00. The van der Waals surface area contributed by atoms with Crippen LogP contribution >= 0.6 is 23.2 Å². The lowest BCUT2D eigenvalue weighted by Gasteiger charge is -2.37. The minimum absolute atomic E-state index is 0.0560. The zero-order valence-corrected chi connectivity index (χ0v) is 17.6. The Bertz CT molecular complexity index is 641. The Hall–Kier alpha value is -0.810. The largest absolute Gasteiger partial charge is 0.381 e. The van der Waals surface area contributed by atoms with E-state index >= 15 is 0 Å². The molecule has 2 aliphatic heterocycles. The number of ether oxygens (including phenoxy) is 1. The minimum Gasteiger partial charge on any atom is -0.381 e. The van der Waals surface area contributed by atoms with Crippen molar-refractivity contribution in [2.75, 3.05) is 39.4 Å². The molecule has 0 bridgehead atoms.